The number of rotatable bonds is 3. The van der Waals surface area contributed by atoms with Crippen LogP contribution in [0.4, 0.5) is 10.2 Å². The van der Waals surface area contributed by atoms with E-state index in [1.165, 1.54) is 12.1 Å². The second kappa shape index (κ2) is 6.65. The van der Waals surface area contributed by atoms with Crippen molar-refractivity contribution in [2.24, 2.45) is 0 Å². The number of pyridine rings is 1. The molecule has 0 spiro atoms. The summed E-state index contributed by atoms with van der Waals surface area (Å²) >= 11 is 0. The average molecular weight is 379 g/mol. The Morgan fingerprint density at radius 1 is 0.962 bits per heavy atom. The summed E-state index contributed by atoms with van der Waals surface area (Å²) in [6.45, 7) is 13.0. The molecule has 4 nitrogen and oxygen atoms in total. The van der Waals surface area contributed by atoms with Crippen LogP contribution in [0.25, 0.3) is 0 Å². The number of nitrogens with zero attached hydrogens (tertiary/aromatic N) is 1. The molecule has 0 atom stereocenters. The molecule has 142 valence electrons. The van der Waals surface area contributed by atoms with Crippen LogP contribution in [0, 0.1) is 12.7 Å². The highest BCUT2D eigenvalue weighted by atomic mass is 32.2. The predicted molar refractivity (Wildman–Crippen MR) is 104 cm³/mol. The maximum Gasteiger partial charge on any atom is 0.263 e. The van der Waals surface area contributed by atoms with E-state index < -0.39 is 20.9 Å². The van der Waals surface area contributed by atoms with E-state index in [2.05, 4.69) is 9.71 Å². The first-order valence-electron chi connectivity index (χ1n) is 8.52. The van der Waals surface area contributed by atoms with Crippen molar-refractivity contribution in [3.05, 3.63) is 53.0 Å². The van der Waals surface area contributed by atoms with Crippen molar-refractivity contribution in [2.45, 2.75) is 64.2 Å². The van der Waals surface area contributed by atoms with Crippen LogP contribution in [0.1, 0.15) is 58.2 Å². The molecule has 0 aliphatic rings. The third-order valence-corrected chi connectivity index (χ3v) is 5.46. The Hall–Kier alpha value is -1.95. The predicted octanol–water partition coefficient (Wildman–Crippen LogP) is 4.92. The van der Waals surface area contributed by atoms with Crippen molar-refractivity contribution in [1.29, 1.82) is 0 Å². The number of hydrogen-bond donors (Lipinski definition) is 1. The number of anilines is 1. The maximum atomic E-state index is 15.1. The largest absolute Gasteiger partial charge is 0.263 e. The van der Waals surface area contributed by atoms with Crippen molar-refractivity contribution in [3.63, 3.8) is 0 Å². The standard InChI is InChI=1S/C20H27FN2O2S/c1-13-8-9-22-17(10-13)23-26(24,25)14-11-15(19(2,3)4)18(21)16(12-14)20(5,6)7/h8-12H,1-7H3,(H,22,23). The minimum absolute atomic E-state index is 0.0389. The van der Waals surface area contributed by atoms with Gasteiger partial charge in [0.15, 0.2) is 0 Å². The van der Waals surface area contributed by atoms with E-state index in [1.54, 1.807) is 18.3 Å². The second-order valence-electron chi connectivity index (χ2n) is 8.66. The van der Waals surface area contributed by atoms with E-state index in [-0.39, 0.29) is 16.5 Å². The molecule has 0 saturated heterocycles. The Bertz CT molecular complexity index is 889. The summed E-state index contributed by atoms with van der Waals surface area (Å²) in [6, 6.07) is 6.27. The van der Waals surface area contributed by atoms with Gasteiger partial charge in [-0.25, -0.2) is 17.8 Å². The molecule has 0 saturated carbocycles. The first-order chi connectivity index (χ1) is 11.7. The number of nitrogens with one attached hydrogen (secondary N) is 1. The molecule has 0 aliphatic heterocycles. The van der Waals surface area contributed by atoms with Crippen LogP contribution in [-0.2, 0) is 20.9 Å². The molecule has 1 heterocycles. The van der Waals surface area contributed by atoms with Crippen LogP contribution in [0.5, 0.6) is 0 Å². The Morgan fingerprint density at radius 3 is 1.88 bits per heavy atom. The zero-order chi connectivity index (χ0) is 19.9. The van der Waals surface area contributed by atoms with Gasteiger partial charge in [-0.05, 0) is 58.7 Å². The summed E-state index contributed by atoms with van der Waals surface area (Å²) in [7, 11) is -3.89. The van der Waals surface area contributed by atoms with Crippen LogP contribution < -0.4 is 4.72 Å². The van der Waals surface area contributed by atoms with E-state index in [1.807, 2.05) is 48.5 Å². The van der Waals surface area contributed by atoms with Gasteiger partial charge in [0.05, 0.1) is 4.90 Å². The minimum Gasteiger partial charge on any atom is -0.263 e. The molecule has 1 N–H and O–H groups in total. The summed E-state index contributed by atoms with van der Waals surface area (Å²) in [6.07, 6.45) is 1.54. The average Bonchev–Trinajstić information content (AvgIpc) is 2.44. The minimum atomic E-state index is -3.89. The zero-order valence-electron chi connectivity index (χ0n) is 16.4. The molecule has 6 heteroatoms. The Balaban J connectivity index is 2.64. The molecule has 0 radical (unpaired) electrons. The van der Waals surface area contributed by atoms with Crippen molar-refractivity contribution in [2.75, 3.05) is 4.72 Å². The number of aromatic nitrogens is 1. The normalized spacial score (nSPS) is 12.9. The molecule has 2 rings (SSSR count). The summed E-state index contributed by atoms with van der Waals surface area (Å²) in [4.78, 5) is 4.08. The fraction of sp³-hybridized carbons (Fsp3) is 0.450. The van der Waals surface area contributed by atoms with E-state index >= 15 is 4.39 Å². The first-order valence-corrected chi connectivity index (χ1v) is 10.00. The molecule has 0 unspecified atom stereocenters. The van der Waals surface area contributed by atoms with E-state index in [4.69, 9.17) is 0 Å². The molecular formula is C20H27FN2O2S. The molecule has 0 fully saturated rings. The second-order valence-corrected chi connectivity index (χ2v) is 10.3. The van der Waals surface area contributed by atoms with Crippen LogP contribution >= 0.6 is 0 Å². The van der Waals surface area contributed by atoms with Crippen molar-refractivity contribution in [1.82, 2.24) is 4.98 Å². The molecule has 1 aromatic carbocycles. The SMILES string of the molecule is Cc1ccnc(NS(=O)(=O)c2cc(C(C)(C)C)c(F)c(C(C)(C)C)c2)c1. The van der Waals surface area contributed by atoms with Crippen LogP contribution in [-0.4, -0.2) is 13.4 Å². The van der Waals surface area contributed by atoms with Gasteiger partial charge >= 0.3 is 0 Å². The molecule has 0 bridgehead atoms. The highest BCUT2D eigenvalue weighted by Gasteiger charge is 2.29. The van der Waals surface area contributed by atoms with E-state index in [0.29, 0.717) is 11.1 Å². The highest BCUT2D eigenvalue weighted by Crippen LogP contribution is 2.35. The third kappa shape index (κ3) is 4.41. The lowest BCUT2D eigenvalue weighted by atomic mass is 9.80. The summed E-state index contributed by atoms with van der Waals surface area (Å²) in [5.74, 6) is -0.110. The summed E-state index contributed by atoms with van der Waals surface area (Å²) < 4.78 is 43.4. The fourth-order valence-electron chi connectivity index (χ4n) is 2.63. The molecule has 2 aromatic rings. The van der Waals surface area contributed by atoms with Gasteiger partial charge in [0.2, 0.25) is 0 Å². The molecule has 0 aliphatic carbocycles. The van der Waals surface area contributed by atoms with E-state index in [0.717, 1.165) is 5.56 Å². The summed E-state index contributed by atoms with van der Waals surface area (Å²) in [5, 5.41) is 0. The van der Waals surface area contributed by atoms with Crippen molar-refractivity contribution in [3.8, 4) is 0 Å². The van der Waals surface area contributed by atoms with Gasteiger partial charge in [-0.15, -0.1) is 0 Å². The van der Waals surface area contributed by atoms with Gasteiger partial charge in [0.1, 0.15) is 11.6 Å². The van der Waals surface area contributed by atoms with Gasteiger partial charge in [0, 0.05) is 6.20 Å². The van der Waals surface area contributed by atoms with Gasteiger partial charge < -0.3 is 0 Å². The lowest BCUT2D eigenvalue weighted by Crippen LogP contribution is -2.23. The van der Waals surface area contributed by atoms with Gasteiger partial charge in [-0.1, -0.05) is 41.5 Å². The van der Waals surface area contributed by atoms with Crippen LogP contribution in [0.15, 0.2) is 35.4 Å². The topological polar surface area (TPSA) is 59.1 Å². The quantitative estimate of drug-likeness (QED) is 0.824. The fourth-order valence-corrected chi connectivity index (χ4v) is 3.68. The van der Waals surface area contributed by atoms with Crippen LogP contribution in [0.3, 0.4) is 0 Å². The molecule has 1 aromatic heterocycles. The zero-order valence-corrected chi connectivity index (χ0v) is 17.3. The molecule has 26 heavy (non-hydrogen) atoms. The number of aryl methyl sites for hydroxylation is 1. The maximum absolute atomic E-state index is 15.1. The number of sulfonamides is 1. The van der Waals surface area contributed by atoms with Gasteiger partial charge in [-0.2, -0.15) is 0 Å². The molecule has 0 amide bonds. The lowest BCUT2D eigenvalue weighted by Gasteiger charge is -2.27. The van der Waals surface area contributed by atoms with Gasteiger partial charge in [-0.3, -0.25) is 4.72 Å². The number of halogens is 1. The van der Waals surface area contributed by atoms with Gasteiger partial charge in [0.25, 0.3) is 10.0 Å². The highest BCUT2D eigenvalue weighted by molar-refractivity contribution is 7.92. The van der Waals surface area contributed by atoms with Crippen molar-refractivity contribution < 1.29 is 12.8 Å². The monoisotopic (exact) mass is 378 g/mol. The Kier molecular flexibility index (Phi) is 5.21. The summed E-state index contributed by atoms with van der Waals surface area (Å²) in [5.41, 5.74) is 0.585. The number of hydrogen-bond acceptors (Lipinski definition) is 3. The van der Waals surface area contributed by atoms with E-state index in [9.17, 15) is 8.42 Å². The lowest BCUT2D eigenvalue weighted by molar-refractivity contribution is 0.478. The van der Waals surface area contributed by atoms with Crippen molar-refractivity contribution >= 4 is 15.8 Å². The Morgan fingerprint density at radius 2 is 1.46 bits per heavy atom. The molecular weight excluding hydrogens is 351 g/mol. The first kappa shape index (κ1) is 20.4. The number of benzene rings is 1. The third-order valence-electron chi connectivity index (χ3n) is 4.13. The smallest absolute Gasteiger partial charge is 0.263 e. The Labute approximate surface area is 155 Å². The van der Waals surface area contributed by atoms with Crippen LogP contribution in [0.2, 0.25) is 0 Å².